The molecule has 5 nitrogen and oxygen atoms in total. The lowest BCUT2D eigenvalue weighted by molar-refractivity contribution is -0.121. The van der Waals surface area contributed by atoms with Gasteiger partial charge in [0.05, 0.1) is 17.4 Å². The van der Waals surface area contributed by atoms with Gasteiger partial charge in [-0.05, 0) is 56.0 Å². The van der Waals surface area contributed by atoms with Gasteiger partial charge in [0, 0.05) is 23.7 Å². The number of pyridine rings is 1. The summed E-state index contributed by atoms with van der Waals surface area (Å²) in [6, 6.07) is 29.9. The molecule has 0 radical (unpaired) electrons. The minimum Gasteiger partial charge on any atom is -0.350 e. The molecule has 0 aliphatic carbocycles. The highest BCUT2D eigenvalue weighted by atomic mass is 16.1. The Kier molecular flexibility index (Phi) is 7.18. The van der Waals surface area contributed by atoms with E-state index < -0.39 is 0 Å². The molecule has 0 unspecified atom stereocenters. The molecule has 1 N–H and O–H groups in total. The van der Waals surface area contributed by atoms with Gasteiger partial charge in [0.1, 0.15) is 5.65 Å². The molecule has 5 rings (SSSR count). The Bertz CT molecular complexity index is 1580. The van der Waals surface area contributed by atoms with Gasteiger partial charge in [0.15, 0.2) is 5.78 Å². The van der Waals surface area contributed by atoms with E-state index in [1.807, 2.05) is 73.7 Å². The number of nitrogens with zero attached hydrogens (tertiary/aromatic N) is 2. The molecule has 1 amide bonds. The fourth-order valence-corrected chi connectivity index (χ4v) is 4.71. The summed E-state index contributed by atoms with van der Waals surface area (Å²) in [5.41, 5.74) is 8.73. The first-order valence-corrected chi connectivity index (χ1v) is 12.9. The van der Waals surface area contributed by atoms with Crippen LogP contribution in [0.4, 0.5) is 0 Å². The summed E-state index contributed by atoms with van der Waals surface area (Å²) in [4.78, 5) is 29.6. The van der Waals surface area contributed by atoms with Crippen LogP contribution in [0.25, 0.3) is 28.0 Å². The van der Waals surface area contributed by atoms with Gasteiger partial charge in [0.25, 0.3) is 0 Å². The van der Waals surface area contributed by atoms with Gasteiger partial charge in [0.2, 0.25) is 5.91 Å². The molecule has 0 saturated heterocycles. The lowest BCUT2D eigenvalue weighted by Gasteiger charge is -2.14. The summed E-state index contributed by atoms with van der Waals surface area (Å²) in [7, 11) is 0. The molecule has 3 aromatic carbocycles. The molecule has 0 bridgehead atoms. The van der Waals surface area contributed by atoms with Crippen LogP contribution in [-0.4, -0.2) is 21.1 Å². The maximum absolute atomic E-state index is 13.0. The Morgan fingerprint density at radius 2 is 1.50 bits per heavy atom. The van der Waals surface area contributed by atoms with E-state index in [1.54, 1.807) is 6.92 Å². The van der Waals surface area contributed by atoms with Crippen LogP contribution in [-0.2, 0) is 11.2 Å². The molecule has 0 spiro atoms. The lowest BCUT2D eigenvalue weighted by atomic mass is 10.0. The van der Waals surface area contributed by atoms with Crippen molar-refractivity contribution in [1.29, 1.82) is 0 Å². The van der Waals surface area contributed by atoms with Crippen LogP contribution >= 0.6 is 0 Å². The van der Waals surface area contributed by atoms with Crippen LogP contribution in [0.15, 0.2) is 97.2 Å². The zero-order valence-corrected chi connectivity index (χ0v) is 21.9. The van der Waals surface area contributed by atoms with Crippen LogP contribution in [0.3, 0.4) is 0 Å². The van der Waals surface area contributed by atoms with Crippen LogP contribution in [0.2, 0.25) is 0 Å². The molecule has 2 heterocycles. The summed E-state index contributed by atoms with van der Waals surface area (Å²) in [6.07, 6.45) is 2.97. The van der Waals surface area contributed by atoms with E-state index >= 15 is 0 Å². The Morgan fingerprint density at radius 1 is 0.842 bits per heavy atom. The Balaban J connectivity index is 1.47. The minimum atomic E-state index is -0.0629. The number of carbonyl (C=O) groups is 2. The number of imidazole rings is 1. The fraction of sp³-hybridized carbons (Fsp3) is 0.182. The van der Waals surface area contributed by atoms with E-state index in [0.717, 1.165) is 39.3 Å². The van der Waals surface area contributed by atoms with Crippen molar-refractivity contribution in [3.05, 3.63) is 120 Å². The summed E-state index contributed by atoms with van der Waals surface area (Å²) in [5, 5.41) is 3.13. The van der Waals surface area contributed by atoms with Gasteiger partial charge in [-0.2, -0.15) is 0 Å². The number of Topliss-reactive ketones (excluding diaryl/α,β-unsaturated/α-hetero) is 1. The number of aromatic nitrogens is 2. The number of ketones is 1. The van der Waals surface area contributed by atoms with Gasteiger partial charge >= 0.3 is 0 Å². The molecule has 0 saturated carbocycles. The zero-order valence-electron chi connectivity index (χ0n) is 21.9. The second-order valence-electron chi connectivity index (χ2n) is 9.75. The largest absolute Gasteiger partial charge is 0.350 e. The topological polar surface area (TPSA) is 63.5 Å². The second kappa shape index (κ2) is 10.9. The highest BCUT2D eigenvalue weighted by molar-refractivity contribution is 5.94. The summed E-state index contributed by atoms with van der Waals surface area (Å²) in [5.74, 6) is 0.0497. The first kappa shape index (κ1) is 25.2. The van der Waals surface area contributed by atoms with Gasteiger partial charge in [-0.1, -0.05) is 84.4 Å². The van der Waals surface area contributed by atoms with E-state index in [0.29, 0.717) is 18.4 Å². The SMILES string of the molecule is CC(=O)c1ccc(-c2ccc3nc(-c4ccc(C)cc4)c(CCC(=O)N[C@@H](C)c4ccccc4)n3c2)cc1. The fourth-order valence-electron chi connectivity index (χ4n) is 4.71. The van der Waals surface area contributed by atoms with Gasteiger partial charge in [-0.25, -0.2) is 4.98 Å². The monoisotopic (exact) mass is 501 g/mol. The maximum atomic E-state index is 13.0. The van der Waals surface area contributed by atoms with Gasteiger partial charge < -0.3 is 9.72 Å². The molecule has 190 valence electrons. The number of fused-ring (bicyclic) bond motifs is 1. The first-order valence-electron chi connectivity index (χ1n) is 12.9. The van der Waals surface area contributed by atoms with E-state index in [-0.39, 0.29) is 17.7 Å². The van der Waals surface area contributed by atoms with E-state index in [4.69, 9.17) is 4.98 Å². The number of hydrogen-bond acceptors (Lipinski definition) is 3. The summed E-state index contributed by atoms with van der Waals surface area (Å²) < 4.78 is 2.09. The molecular weight excluding hydrogens is 470 g/mol. The average molecular weight is 502 g/mol. The minimum absolute atomic E-state index is 0.00198. The predicted octanol–water partition coefficient (Wildman–Crippen LogP) is 6.99. The average Bonchev–Trinajstić information content (AvgIpc) is 3.30. The molecule has 1 atom stereocenters. The molecule has 0 fully saturated rings. The highest BCUT2D eigenvalue weighted by Gasteiger charge is 2.17. The lowest BCUT2D eigenvalue weighted by Crippen LogP contribution is -2.26. The number of amides is 1. The molecular formula is C33H31N3O2. The number of aryl methyl sites for hydroxylation is 2. The smallest absolute Gasteiger partial charge is 0.220 e. The molecule has 2 aromatic heterocycles. The molecule has 0 aliphatic heterocycles. The van der Waals surface area contributed by atoms with Crippen LogP contribution in [0.5, 0.6) is 0 Å². The summed E-state index contributed by atoms with van der Waals surface area (Å²) in [6.45, 7) is 5.64. The van der Waals surface area contributed by atoms with Crippen molar-refractivity contribution in [1.82, 2.24) is 14.7 Å². The van der Waals surface area contributed by atoms with Gasteiger partial charge in [-0.3, -0.25) is 9.59 Å². The molecule has 0 aliphatic rings. The van der Waals surface area contributed by atoms with Crippen LogP contribution in [0, 0.1) is 6.92 Å². The quantitative estimate of drug-likeness (QED) is 0.233. The van der Waals surface area contributed by atoms with Crippen molar-refractivity contribution in [2.45, 2.75) is 39.7 Å². The van der Waals surface area contributed by atoms with E-state index in [1.165, 1.54) is 5.56 Å². The first-order chi connectivity index (χ1) is 18.4. The normalized spacial score (nSPS) is 11.9. The summed E-state index contributed by atoms with van der Waals surface area (Å²) >= 11 is 0. The maximum Gasteiger partial charge on any atom is 0.220 e. The third kappa shape index (κ3) is 5.42. The van der Waals surface area contributed by atoms with E-state index in [2.05, 4.69) is 47.1 Å². The molecule has 5 heteroatoms. The second-order valence-corrected chi connectivity index (χ2v) is 9.75. The number of nitrogens with one attached hydrogen (secondary N) is 1. The van der Waals surface area contributed by atoms with Crippen molar-refractivity contribution in [3.8, 4) is 22.4 Å². The van der Waals surface area contributed by atoms with Crippen molar-refractivity contribution >= 4 is 17.3 Å². The van der Waals surface area contributed by atoms with Gasteiger partial charge in [-0.15, -0.1) is 0 Å². The zero-order chi connectivity index (χ0) is 26.6. The third-order valence-electron chi connectivity index (χ3n) is 6.93. The number of rotatable bonds is 8. The highest BCUT2D eigenvalue weighted by Crippen LogP contribution is 2.29. The van der Waals surface area contributed by atoms with Crippen LogP contribution in [0.1, 0.15) is 53.5 Å². The van der Waals surface area contributed by atoms with Crippen LogP contribution < -0.4 is 5.32 Å². The van der Waals surface area contributed by atoms with Crippen molar-refractivity contribution in [2.24, 2.45) is 0 Å². The van der Waals surface area contributed by atoms with Crippen molar-refractivity contribution in [2.75, 3.05) is 0 Å². The van der Waals surface area contributed by atoms with E-state index in [9.17, 15) is 9.59 Å². The number of hydrogen-bond donors (Lipinski definition) is 1. The number of benzene rings is 3. The Hall–Kier alpha value is -4.51. The van der Waals surface area contributed by atoms with Crippen molar-refractivity contribution in [3.63, 3.8) is 0 Å². The predicted molar refractivity (Wildman–Crippen MR) is 152 cm³/mol. The Labute approximate surface area is 223 Å². The standard InChI is InChI=1S/C33H31N3O2/c1-22-9-11-28(12-10-22)33-30(18-20-32(38)34-23(2)25-7-5-4-6-8-25)36-21-29(17-19-31(36)35-33)27-15-13-26(14-16-27)24(3)37/h4-17,19,21,23H,18,20H2,1-3H3,(H,34,38)/t23-/m0/s1. The number of carbonyl (C=O) groups excluding carboxylic acids is 2. The van der Waals surface area contributed by atoms with Crippen molar-refractivity contribution < 1.29 is 9.59 Å². The Morgan fingerprint density at radius 3 is 2.18 bits per heavy atom. The molecule has 5 aromatic rings. The molecule has 38 heavy (non-hydrogen) atoms. The third-order valence-corrected chi connectivity index (χ3v) is 6.93.